The van der Waals surface area contributed by atoms with Crippen LogP contribution >= 0.6 is 0 Å². The van der Waals surface area contributed by atoms with Crippen molar-refractivity contribution in [3.05, 3.63) is 72.2 Å². The Balaban J connectivity index is 1.57. The van der Waals surface area contributed by atoms with E-state index < -0.39 is 18.0 Å². The number of rotatable bonds is 4. The fourth-order valence-electron chi connectivity index (χ4n) is 2.80. The minimum absolute atomic E-state index is 0.0187. The zero-order valence-corrected chi connectivity index (χ0v) is 14.5. The molecule has 0 aliphatic heterocycles. The molecule has 0 aliphatic rings. The van der Waals surface area contributed by atoms with Crippen molar-refractivity contribution in [2.45, 2.75) is 12.9 Å². The largest absolute Gasteiger partial charge is 0.573 e. The summed E-state index contributed by atoms with van der Waals surface area (Å²) in [5.41, 5.74) is 1.49. The third-order valence-electron chi connectivity index (χ3n) is 4.06. The molecule has 2 aromatic carbocycles. The van der Waals surface area contributed by atoms with Gasteiger partial charge < -0.3 is 9.72 Å². The van der Waals surface area contributed by atoms with Gasteiger partial charge in [-0.15, -0.1) is 13.2 Å². The maximum absolute atomic E-state index is 14.0. The van der Waals surface area contributed by atoms with Crippen molar-refractivity contribution < 1.29 is 31.3 Å². The van der Waals surface area contributed by atoms with Crippen LogP contribution in [0.1, 0.15) is 5.56 Å². The van der Waals surface area contributed by atoms with Gasteiger partial charge in [0.15, 0.2) is 17.2 Å². The Hall–Kier alpha value is -3.56. The van der Waals surface area contributed by atoms with Crippen LogP contribution in [0, 0.1) is 11.6 Å². The molecule has 0 unspecified atom stereocenters. The lowest BCUT2D eigenvalue weighted by Gasteiger charge is -2.08. The van der Waals surface area contributed by atoms with Crippen LogP contribution in [0.15, 0.2) is 55.0 Å². The average Bonchev–Trinajstić information content (AvgIpc) is 3.07. The van der Waals surface area contributed by atoms with Crippen molar-refractivity contribution in [1.29, 1.82) is 0 Å². The highest BCUT2D eigenvalue weighted by atomic mass is 19.4. The number of ether oxygens (including phenoxy) is 1. The molecule has 10 heteroatoms. The summed E-state index contributed by atoms with van der Waals surface area (Å²) >= 11 is 0. The number of H-pyrrole nitrogens is 1. The Morgan fingerprint density at radius 1 is 1.03 bits per heavy atom. The molecule has 0 atom stereocenters. The molecule has 29 heavy (non-hydrogen) atoms. The summed E-state index contributed by atoms with van der Waals surface area (Å²) in [6, 6.07) is 9.22. The maximum Gasteiger partial charge on any atom is 0.573 e. The highest BCUT2D eigenvalue weighted by molar-refractivity contribution is 5.74. The summed E-state index contributed by atoms with van der Waals surface area (Å²) in [4.78, 5) is 11.2. The fraction of sp³-hybridized carbons (Fsp3) is 0.105. The zero-order valence-electron chi connectivity index (χ0n) is 14.5. The van der Waals surface area contributed by atoms with Crippen molar-refractivity contribution in [1.82, 2.24) is 15.0 Å². The standard InChI is InChI=1S/C19H11F5N4O/c20-14-3-1-2-13(16(14)21)17-26-15-9-28(10-25-18(15)27-17)8-11-4-6-12(7-5-11)29-19(22,23)24/h1-7,9-10H,8H2/p+1. The molecule has 2 aromatic heterocycles. The zero-order chi connectivity index (χ0) is 20.6. The first-order valence-corrected chi connectivity index (χ1v) is 8.32. The van der Waals surface area contributed by atoms with Gasteiger partial charge in [-0.05, 0) is 34.8 Å². The van der Waals surface area contributed by atoms with Gasteiger partial charge in [0.2, 0.25) is 0 Å². The van der Waals surface area contributed by atoms with Crippen LogP contribution in [-0.4, -0.2) is 21.3 Å². The van der Waals surface area contributed by atoms with Gasteiger partial charge in [0.25, 0.3) is 12.0 Å². The van der Waals surface area contributed by atoms with Crippen LogP contribution in [0.5, 0.6) is 5.75 Å². The molecule has 2 heterocycles. The lowest BCUT2D eigenvalue weighted by atomic mass is 10.2. The van der Waals surface area contributed by atoms with Crippen LogP contribution in [0.3, 0.4) is 0 Å². The van der Waals surface area contributed by atoms with Crippen LogP contribution in [-0.2, 0) is 6.54 Å². The Morgan fingerprint density at radius 2 is 1.79 bits per heavy atom. The van der Waals surface area contributed by atoms with Crippen molar-refractivity contribution in [3.8, 4) is 17.1 Å². The lowest BCUT2D eigenvalue weighted by molar-refractivity contribution is -0.689. The van der Waals surface area contributed by atoms with Gasteiger partial charge in [-0.3, -0.25) is 0 Å². The minimum atomic E-state index is -4.75. The van der Waals surface area contributed by atoms with Crippen molar-refractivity contribution in [3.63, 3.8) is 0 Å². The van der Waals surface area contributed by atoms with Crippen LogP contribution in [0.4, 0.5) is 22.0 Å². The van der Waals surface area contributed by atoms with E-state index in [1.54, 1.807) is 10.8 Å². The van der Waals surface area contributed by atoms with Gasteiger partial charge in [0.05, 0.1) is 5.56 Å². The topological polar surface area (TPSA) is 54.7 Å². The first kappa shape index (κ1) is 18.8. The number of nitrogens with zero attached hydrogens (tertiary/aromatic N) is 3. The van der Waals surface area contributed by atoms with E-state index >= 15 is 0 Å². The number of fused-ring (bicyclic) bond motifs is 1. The first-order chi connectivity index (χ1) is 13.8. The number of benzene rings is 2. The number of aromatic amines is 1. The molecule has 5 nitrogen and oxygen atoms in total. The Bertz CT molecular complexity index is 1170. The number of imidazole rings is 1. The second-order valence-corrected chi connectivity index (χ2v) is 6.16. The SMILES string of the molecule is Fc1cccc(-c2nc3nc[n+](Cc4ccc(OC(F)(F)F)cc4)cc3[nH]2)c1F. The normalized spacial score (nSPS) is 11.8. The molecule has 0 amide bonds. The molecule has 148 valence electrons. The van der Waals surface area contributed by atoms with Crippen molar-refractivity contribution >= 4 is 11.2 Å². The molecule has 4 rings (SSSR count). The van der Waals surface area contributed by atoms with Gasteiger partial charge >= 0.3 is 6.36 Å². The number of hydrogen-bond donors (Lipinski definition) is 1. The Labute approximate surface area is 160 Å². The summed E-state index contributed by atoms with van der Waals surface area (Å²) in [6.45, 7) is 0.317. The number of halogens is 5. The molecular formula is C19H12F5N4O+. The van der Waals surface area contributed by atoms with Crippen molar-refractivity contribution in [2.24, 2.45) is 0 Å². The highest BCUT2D eigenvalue weighted by Gasteiger charge is 2.31. The smallest absolute Gasteiger partial charge is 0.406 e. The second-order valence-electron chi connectivity index (χ2n) is 6.16. The van der Waals surface area contributed by atoms with E-state index in [-0.39, 0.29) is 17.1 Å². The quantitative estimate of drug-likeness (QED) is 0.409. The molecule has 0 saturated carbocycles. The van der Waals surface area contributed by atoms with E-state index in [2.05, 4.69) is 19.7 Å². The van der Waals surface area contributed by atoms with E-state index in [9.17, 15) is 22.0 Å². The number of nitrogens with one attached hydrogen (secondary N) is 1. The number of alkyl halides is 3. The first-order valence-electron chi connectivity index (χ1n) is 8.32. The Kier molecular flexibility index (Phi) is 4.61. The number of hydrogen-bond acceptors (Lipinski definition) is 3. The summed E-state index contributed by atoms with van der Waals surface area (Å²) in [6.07, 6.45) is -1.60. The van der Waals surface area contributed by atoms with Crippen LogP contribution in [0.25, 0.3) is 22.6 Å². The summed E-state index contributed by atoms with van der Waals surface area (Å²) in [5.74, 6) is -2.17. The van der Waals surface area contributed by atoms with Gasteiger partial charge in [0.1, 0.15) is 24.3 Å². The molecule has 1 N–H and O–H groups in total. The molecule has 0 aliphatic carbocycles. The lowest BCUT2D eigenvalue weighted by Crippen LogP contribution is -2.34. The summed E-state index contributed by atoms with van der Waals surface area (Å²) < 4.78 is 69.6. The molecule has 0 fully saturated rings. The average molecular weight is 407 g/mol. The van der Waals surface area contributed by atoms with Crippen molar-refractivity contribution in [2.75, 3.05) is 0 Å². The fourth-order valence-corrected chi connectivity index (χ4v) is 2.80. The van der Waals surface area contributed by atoms with Gasteiger partial charge in [-0.25, -0.2) is 13.3 Å². The van der Waals surface area contributed by atoms with Crippen LogP contribution < -0.4 is 9.30 Å². The van der Waals surface area contributed by atoms with Gasteiger partial charge in [0, 0.05) is 0 Å². The predicted octanol–water partition coefficient (Wildman–Crippen LogP) is 4.14. The van der Waals surface area contributed by atoms with Gasteiger partial charge in [-0.2, -0.15) is 4.98 Å². The minimum Gasteiger partial charge on any atom is -0.406 e. The highest BCUT2D eigenvalue weighted by Crippen LogP contribution is 2.24. The monoisotopic (exact) mass is 407 g/mol. The number of aromatic nitrogens is 4. The van der Waals surface area contributed by atoms with E-state index in [0.717, 1.165) is 6.07 Å². The van der Waals surface area contributed by atoms with Crippen LogP contribution in [0.2, 0.25) is 0 Å². The Morgan fingerprint density at radius 3 is 2.52 bits per heavy atom. The second kappa shape index (κ2) is 7.12. The molecule has 0 spiro atoms. The molecule has 0 bridgehead atoms. The third-order valence-corrected chi connectivity index (χ3v) is 4.06. The molecule has 0 radical (unpaired) electrons. The van der Waals surface area contributed by atoms with E-state index in [0.29, 0.717) is 23.3 Å². The third kappa shape index (κ3) is 4.15. The molecule has 4 aromatic rings. The van der Waals surface area contributed by atoms with Gasteiger partial charge in [-0.1, -0.05) is 18.2 Å². The maximum atomic E-state index is 14.0. The summed E-state index contributed by atoms with van der Waals surface area (Å²) in [5, 5.41) is 0. The van der Waals surface area contributed by atoms with E-state index in [4.69, 9.17) is 0 Å². The van der Waals surface area contributed by atoms with E-state index in [1.165, 1.54) is 42.7 Å². The summed E-state index contributed by atoms with van der Waals surface area (Å²) in [7, 11) is 0. The predicted molar refractivity (Wildman–Crippen MR) is 91.7 cm³/mol. The molecular weight excluding hydrogens is 395 g/mol. The molecule has 0 saturated heterocycles. The van der Waals surface area contributed by atoms with E-state index in [1.807, 2.05) is 0 Å².